The van der Waals surface area contributed by atoms with Crippen molar-refractivity contribution in [2.75, 3.05) is 19.3 Å². The number of thiazole rings is 1. The van der Waals surface area contributed by atoms with E-state index in [1.165, 1.54) is 11.3 Å². The fourth-order valence-electron chi connectivity index (χ4n) is 3.16. The van der Waals surface area contributed by atoms with Crippen LogP contribution in [0, 0.1) is 6.92 Å². The van der Waals surface area contributed by atoms with Crippen molar-refractivity contribution in [1.29, 1.82) is 0 Å². The molecule has 1 aromatic carbocycles. The number of likely N-dealkylation sites (tertiary alicyclic amines) is 1. The lowest BCUT2D eigenvalue weighted by Gasteiger charge is -2.35. The molecule has 1 unspecified atom stereocenters. The maximum atomic E-state index is 13.1. The van der Waals surface area contributed by atoms with E-state index in [-0.39, 0.29) is 18.5 Å². The summed E-state index contributed by atoms with van der Waals surface area (Å²) in [4.78, 5) is 20.1. The lowest BCUT2D eigenvalue weighted by Crippen LogP contribution is -2.49. The molecule has 1 aliphatic rings. The molecule has 26 heavy (non-hydrogen) atoms. The van der Waals surface area contributed by atoms with E-state index in [4.69, 9.17) is 0 Å². The van der Waals surface area contributed by atoms with Gasteiger partial charge in [-0.05, 0) is 26.2 Å². The molecule has 2 heterocycles. The summed E-state index contributed by atoms with van der Waals surface area (Å²) in [5, 5.41) is 0.828. The molecule has 1 amide bonds. The molecule has 0 bridgehead atoms. The minimum atomic E-state index is -3.28. The quantitative estimate of drug-likeness (QED) is 0.847. The summed E-state index contributed by atoms with van der Waals surface area (Å²) in [5.41, 5.74) is 1.72. The van der Waals surface area contributed by atoms with Gasteiger partial charge in [-0.15, -0.1) is 11.3 Å². The van der Waals surface area contributed by atoms with Gasteiger partial charge in [-0.25, -0.2) is 18.1 Å². The number of aromatic nitrogens is 1. The van der Waals surface area contributed by atoms with Crippen molar-refractivity contribution in [2.24, 2.45) is 0 Å². The van der Waals surface area contributed by atoms with Crippen LogP contribution in [0.4, 0.5) is 0 Å². The van der Waals surface area contributed by atoms with Crippen molar-refractivity contribution in [1.82, 2.24) is 14.6 Å². The van der Waals surface area contributed by atoms with E-state index in [2.05, 4.69) is 9.71 Å². The first-order valence-electron chi connectivity index (χ1n) is 8.63. The van der Waals surface area contributed by atoms with Crippen LogP contribution >= 0.6 is 11.3 Å². The van der Waals surface area contributed by atoms with Gasteiger partial charge in [-0.2, -0.15) is 0 Å². The molecule has 1 atom stereocenters. The van der Waals surface area contributed by atoms with E-state index in [1.807, 2.05) is 37.3 Å². The number of rotatable bonds is 5. The number of nitrogens with one attached hydrogen (secondary N) is 1. The van der Waals surface area contributed by atoms with Crippen molar-refractivity contribution < 1.29 is 13.2 Å². The first-order chi connectivity index (χ1) is 12.3. The maximum Gasteiger partial charge on any atom is 0.266 e. The van der Waals surface area contributed by atoms with Crippen LogP contribution in [0.1, 0.15) is 34.6 Å². The third-order valence-electron chi connectivity index (χ3n) is 4.48. The standard InChI is InChI=1S/C18H23N3O3S2/c1-13-16(25-17(20-13)14-8-4-3-5-9-14)18(22)21-11-7-6-10-15(21)12-19-26(2,23)24/h3-5,8-9,15,19H,6-7,10-12H2,1-2H3. The van der Waals surface area contributed by atoms with E-state index >= 15 is 0 Å². The predicted octanol–water partition coefficient (Wildman–Crippen LogP) is 2.66. The number of carbonyl (C=O) groups excluding carboxylic acids is 1. The van der Waals surface area contributed by atoms with Crippen LogP contribution in [0.3, 0.4) is 0 Å². The van der Waals surface area contributed by atoms with Gasteiger partial charge in [0.2, 0.25) is 10.0 Å². The van der Waals surface area contributed by atoms with Crippen molar-refractivity contribution in [3.63, 3.8) is 0 Å². The number of carbonyl (C=O) groups is 1. The highest BCUT2D eigenvalue weighted by atomic mass is 32.2. The molecule has 2 aromatic rings. The summed E-state index contributed by atoms with van der Waals surface area (Å²) in [5.74, 6) is -0.0535. The smallest absolute Gasteiger partial charge is 0.266 e. The zero-order valence-corrected chi connectivity index (χ0v) is 16.6. The normalized spacial score (nSPS) is 18.1. The minimum absolute atomic E-state index is 0.0535. The highest BCUT2D eigenvalue weighted by Gasteiger charge is 2.30. The third kappa shape index (κ3) is 4.49. The van der Waals surface area contributed by atoms with Gasteiger partial charge in [0.1, 0.15) is 9.88 Å². The highest BCUT2D eigenvalue weighted by Crippen LogP contribution is 2.30. The second-order valence-electron chi connectivity index (χ2n) is 6.57. The summed E-state index contributed by atoms with van der Waals surface area (Å²) < 4.78 is 25.4. The molecule has 1 fully saturated rings. The van der Waals surface area contributed by atoms with E-state index < -0.39 is 10.0 Å². The Morgan fingerprint density at radius 3 is 2.73 bits per heavy atom. The number of hydrogen-bond acceptors (Lipinski definition) is 5. The maximum absolute atomic E-state index is 13.1. The summed E-state index contributed by atoms with van der Waals surface area (Å²) in [6.45, 7) is 2.75. The zero-order chi connectivity index (χ0) is 18.7. The molecular formula is C18H23N3O3S2. The van der Waals surface area contributed by atoms with Crippen LogP contribution < -0.4 is 4.72 Å². The van der Waals surface area contributed by atoms with Crippen molar-refractivity contribution in [3.8, 4) is 10.6 Å². The van der Waals surface area contributed by atoms with Crippen LogP contribution in [0.2, 0.25) is 0 Å². The van der Waals surface area contributed by atoms with Crippen molar-refractivity contribution >= 4 is 27.3 Å². The molecular weight excluding hydrogens is 370 g/mol. The monoisotopic (exact) mass is 393 g/mol. The van der Waals surface area contributed by atoms with Gasteiger partial charge in [0.15, 0.2) is 0 Å². The number of amides is 1. The molecule has 8 heteroatoms. The molecule has 0 spiro atoms. The first kappa shape index (κ1) is 19.0. The summed E-state index contributed by atoms with van der Waals surface area (Å²) >= 11 is 1.40. The van der Waals surface area contributed by atoms with Gasteiger partial charge in [-0.3, -0.25) is 4.79 Å². The number of hydrogen-bond donors (Lipinski definition) is 1. The fourth-order valence-corrected chi connectivity index (χ4v) is 4.68. The van der Waals surface area contributed by atoms with Gasteiger partial charge in [-0.1, -0.05) is 30.3 Å². The molecule has 1 aliphatic heterocycles. The Kier molecular flexibility index (Phi) is 5.74. The number of nitrogens with zero attached hydrogens (tertiary/aromatic N) is 2. The van der Waals surface area contributed by atoms with Crippen LogP contribution in [0.15, 0.2) is 30.3 Å². The number of aryl methyl sites for hydroxylation is 1. The van der Waals surface area contributed by atoms with Crippen LogP contribution in [0.5, 0.6) is 0 Å². The Hall–Kier alpha value is -1.77. The largest absolute Gasteiger partial charge is 0.334 e. The molecule has 1 saturated heterocycles. The minimum Gasteiger partial charge on any atom is -0.334 e. The molecule has 6 nitrogen and oxygen atoms in total. The van der Waals surface area contributed by atoms with E-state index in [1.54, 1.807) is 4.90 Å². The molecule has 0 saturated carbocycles. The number of benzene rings is 1. The Labute approximate surface area is 158 Å². The summed E-state index contributed by atoms with van der Waals surface area (Å²) in [7, 11) is -3.28. The Morgan fingerprint density at radius 2 is 2.04 bits per heavy atom. The van der Waals surface area contributed by atoms with Crippen LogP contribution in [-0.4, -0.2) is 49.6 Å². The number of piperidine rings is 1. The topological polar surface area (TPSA) is 79.4 Å². The Balaban J connectivity index is 1.82. The third-order valence-corrected chi connectivity index (χ3v) is 6.37. The van der Waals surface area contributed by atoms with Gasteiger partial charge >= 0.3 is 0 Å². The second kappa shape index (κ2) is 7.85. The van der Waals surface area contributed by atoms with Crippen LogP contribution in [0.25, 0.3) is 10.6 Å². The molecule has 0 aliphatic carbocycles. The summed E-state index contributed by atoms with van der Waals surface area (Å²) in [6, 6.07) is 9.69. The lowest BCUT2D eigenvalue weighted by atomic mass is 10.0. The molecule has 0 radical (unpaired) electrons. The molecule has 1 aromatic heterocycles. The van der Waals surface area contributed by atoms with Crippen molar-refractivity contribution in [3.05, 3.63) is 40.9 Å². The van der Waals surface area contributed by atoms with Crippen molar-refractivity contribution in [2.45, 2.75) is 32.2 Å². The van der Waals surface area contributed by atoms with E-state index in [0.717, 1.165) is 41.8 Å². The predicted molar refractivity (Wildman–Crippen MR) is 104 cm³/mol. The summed E-state index contributed by atoms with van der Waals surface area (Å²) in [6.07, 6.45) is 3.88. The average Bonchev–Trinajstić information content (AvgIpc) is 3.01. The molecule has 1 N–H and O–H groups in total. The average molecular weight is 394 g/mol. The zero-order valence-electron chi connectivity index (χ0n) is 14.9. The van der Waals surface area contributed by atoms with Gasteiger partial charge in [0, 0.05) is 24.7 Å². The SMILES string of the molecule is Cc1nc(-c2ccccc2)sc1C(=O)N1CCCCC1CNS(C)(=O)=O. The first-order valence-corrected chi connectivity index (χ1v) is 11.3. The van der Waals surface area contributed by atoms with E-state index in [9.17, 15) is 13.2 Å². The van der Waals surface area contributed by atoms with E-state index in [0.29, 0.717) is 11.4 Å². The lowest BCUT2D eigenvalue weighted by molar-refractivity contribution is 0.0623. The second-order valence-corrected chi connectivity index (χ2v) is 9.40. The van der Waals surface area contributed by atoms with Gasteiger partial charge in [0.25, 0.3) is 5.91 Å². The van der Waals surface area contributed by atoms with Crippen LogP contribution in [-0.2, 0) is 10.0 Å². The number of sulfonamides is 1. The highest BCUT2D eigenvalue weighted by molar-refractivity contribution is 7.88. The fraction of sp³-hybridized carbons (Fsp3) is 0.444. The Morgan fingerprint density at radius 1 is 1.31 bits per heavy atom. The Bertz CT molecular complexity index is 878. The van der Waals surface area contributed by atoms with Gasteiger partial charge in [0.05, 0.1) is 11.9 Å². The molecule has 140 valence electrons. The molecule has 3 rings (SSSR count). The van der Waals surface area contributed by atoms with Gasteiger partial charge < -0.3 is 4.90 Å².